The maximum absolute atomic E-state index is 13.5. The number of H-pyrrole nitrogens is 1. The molecule has 3 rings (SSSR count). The summed E-state index contributed by atoms with van der Waals surface area (Å²) < 4.78 is 18.6. The molecule has 8 heteroatoms. The van der Waals surface area contributed by atoms with Crippen molar-refractivity contribution >= 4 is 22.8 Å². The number of amides is 1. The molecule has 1 amide bonds. The molecule has 4 N–H and O–H groups in total. The number of ether oxygens (including phenoxy) is 1. The van der Waals surface area contributed by atoms with E-state index in [1.165, 1.54) is 6.07 Å². The maximum atomic E-state index is 13.5. The summed E-state index contributed by atoms with van der Waals surface area (Å²) in [4.78, 5) is 19.5. The fraction of sp³-hybridized carbons (Fsp3) is 0.273. The summed E-state index contributed by atoms with van der Waals surface area (Å²) in [6.45, 7) is 1.62. The van der Waals surface area contributed by atoms with E-state index in [1.54, 1.807) is 50.6 Å². The first kappa shape index (κ1) is 21.2. The summed E-state index contributed by atoms with van der Waals surface area (Å²) in [7, 11) is 3.27. The number of nitrogens with one attached hydrogen (secondary N) is 4. The van der Waals surface area contributed by atoms with Crippen molar-refractivity contribution in [1.29, 1.82) is 0 Å². The number of guanidine groups is 1. The highest BCUT2D eigenvalue weighted by atomic mass is 19.1. The summed E-state index contributed by atoms with van der Waals surface area (Å²) in [6, 6.07) is 11.7. The first-order valence-corrected chi connectivity index (χ1v) is 9.73. The van der Waals surface area contributed by atoms with Gasteiger partial charge in [0.05, 0.1) is 7.11 Å². The van der Waals surface area contributed by atoms with Crippen molar-refractivity contribution in [1.82, 2.24) is 20.9 Å². The predicted molar refractivity (Wildman–Crippen MR) is 117 cm³/mol. The number of benzene rings is 2. The Morgan fingerprint density at radius 1 is 1.07 bits per heavy atom. The van der Waals surface area contributed by atoms with E-state index < -0.39 is 0 Å². The van der Waals surface area contributed by atoms with Gasteiger partial charge in [-0.15, -0.1) is 0 Å². The van der Waals surface area contributed by atoms with Gasteiger partial charge < -0.3 is 25.7 Å². The van der Waals surface area contributed by atoms with Crippen LogP contribution in [0.2, 0.25) is 0 Å². The summed E-state index contributed by atoms with van der Waals surface area (Å²) in [6.07, 6.45) is 2.62. The third-order valence-electron chi connectivity index (χ3n) is 4.70. The van der Waals surface area contributed by atoms with Gasteiger partial charge in [0.15, 0.2) is 5.96 Å². The minimum atomic E-state index is -0.245. The molecule has 0 aliphatic rings. The van der Waals surface area contributed by atoms with Crippen LogP contribution in [0.1, 0.15) is 15.9 Å². The van der Waals surface area contributed by atoms with Crippen molar-refractivity contribution in [3.05, 3.63) is 65.6 Å². The van der Waals surface area contributed by atoms with E-state index in [0.29, 0.717) is 36.9 Å². The Morgan fingerprint density at radius 3 is 2.53 bits per heavy atom. The number of halogens is 1. The van der Waals surface area contributed by atoms with Gasteiger partial charge in [0.25, 0.3) is 5.91 Å². The average molecular weight is 411 g/mol. The minimum Gasteiger partial charge on any atom is -0.497 e. The van der Waals surface area contributed by atoms with Crippen LogP contribution in [0.4, 0.5) is 4.39 Å². The molecule has 2 aromatic carbocycles. The molecule has 0 unspecified atom stereocenters. The molecule has 0 saturated heterocycles. The van der Waals surface area contributed by atoms with Crippen LogP contribution in [0, 0.1) is 5.82 Å². The Balaban J connectivity index is 1.39. The number of nitrogens with zero attached hydrogens (tertiary/aromatic N) is 1. The van der Waals surface area contributed by atoms with Gasteiger partial charge in [-0.3, -0.25) is 9.79 Å². The van der Waals surface area contributed by atoms with Crippen molar-refractivity contribution in [2.24, 2.45) is 4.99 Å². The molecule has 0 aliphatic heterocycles. The van der Waals surface area contributed by atoms with E-state index in [2.05, 4.69) is 25.9 Å². The van der Waals surface area contributed by atoms with E-state index in [4.69, 9.17) is 4.74 Å². The van der Waals surface area contributed by atoms with Gasteiger partial charge in [0.2, 0.25) is 0 Å². The van der Waals surface area contributed by atoms with Crippen LogP contribution in [0.25, 0.3) is 10.9 Å². The number of methoxy groups -OCH3 is 1. The van der Waals surface area contributed by atoms with Gasteiger partial charge in [0, 0.05) is 49.3 Å². The molecule has 158 valence electrons. The number of aliphatic imine (C=N–C) groups is 1. The molecule has 0 radical (unpaired) electrons. The maximum Gasteiger partial charge on any atom is 0.251 e. The highest BCUT2D eigenvalue weighted by molar-refractivity contribution is 5.94. The van der Waals surface area contributed by atoms with Crippen LogP contribution >= 0.6 is 0 Å². The molecule has 3 aromatic rings. The second-order valence-corrected chi connectivity index (χ2v) is 6.66. The molecule has 0 spiro atoms. The molecule has 0 fully saturated rings. The first-order chi connectivity index (χ1) is 14.6. The van der Waals surface area contributed by atoms with E-state index in [1.807, 2.05) is 6.20 Å². The van der Waals surface area contributed by atoms with Crippen LogP contribution in [-0.4, -0.2) is 50.6 Å². The molecular weight excluding hydrogens is 385 g/mol. The summed E-state index contributed by atoms with van der Waals surface area (Å²) in [5.41, 5.74) is 2.54. The van der Waals surface area contributed by atoms with Crippen molar-refractivity contribution in [2.75, 3.05) is 33.8 Å². The largest absolute Gasteiger partial charge is 0.497 e. The van der Waals surface area contributed by atoms with Crippen LogP contribution in [0.15, 0.2) is 53.7 Å². The lowest BCUT2D eigenvalue weighted by atomic mass is 10.1. The fourth-order valence-corrected chi connectivity index (χ4v) is 3.10. The zero-order valence-electron chi connectivity index (χ0n) is 17.1. The first-order valence-electron chi connectivity index (χ1n) is 9.73. The Hall–Kier alpha value is -3.55. The van der Waals surface area contributed by atoms with E-state index in [-0.39, 0.29) is 11.7 Å². The Labute approximate surface area is 174 Å². The summed E-state index contributed by atoms with van der Waals surface area (Å²) in [5.74, 6) is 0.958. The number of carbonyl (C=O) groups excluding carboxylic acids is 1. The molecule has 0 aliphatic carbocycles. The summed E-state index contributed by atoms with van der Waals surface area (Å²) >= 11 is 0. The third kappa shape index (κ3) is 5.50. The SMILES string of the molecule is CN=C(NCCNC(=O)c1ccc(OC)cc1)NCCc1c[nH]c2ccc(F)cc12. The number of rotatable bonds is 8. The number of hydrogen-bond acceptors (Lipinski definition) is 3. The molecule has 7 nitrogen and oxygen atoms in total. The highest BCUT2D eigenvalue weighted by Crippen LogP contribution is 2.19. The number of aromatic amines is 1. The van der Waals surface area contributed by atoms with Gasteiger partial charge in [-0.05, 0) is 54.4 Å². The van der Waals surface area contributed by atoms with Gasteiger partial charge >= 0.3 is 0 Å². The van der Waals surface area contributed by atoms with Gasteiger partial charge in [-0.25, -0.2) is 4.39 Å². The molecule has 1 aromatic heterocycles. The van der Waals surface area contributed by atoms with Crippen LogP contribution in [0.3, 0.4) is 0 Å². The second-order valence-electron chi connectivity index (χ2n) is 6.66. The second kappa shape index (κ2) is 10.3. The lowest BCUT2D eigenvalue weighted by Gasteiger charge is -2.12. The topological polar surface area (TPSA) is 90.5 Å². The molecule has 1 heterocycles. The monoisotopic (exact) mass is 411 g/mol. The fourth-order valence-electron chi connectivity index (χ4n) is 3.10. The van der Waals surface area contributed by atoms with Crippen LogP contribution < -0.4 is 20.7 Å². The molecule has 30 heavy (non-hydrogen) atoms. The van der Waals surface area contributed by atoms with Crippen LogP contribution in [0.5, 0.6) is 5.75 Å². The lowest BCUT2D eigenvalue weighted by molar-refractivity contribution is 0.0954. The zero-order valence-corrected chi connectivity index (χ0v) is 17.1. The number of fused-ring (bicyclic) bond motifs is 1. The number of aromatic nitrogens is 1. The predicted octanol–water partition coefficient (Wildman–Crippen LogP) is 2.45. The normalized spacial score (nSPS) is 11.4. The average Bonchev–Trinajstić information content (AvgIpc) is 3.17. The van der Waals surface area contributed by atoms with E-state index in [9.17, 15) is 9.18 Å². The Kier molecular flexibility index (Phi) is 7.26. The van der Waals surface area contributed by atoms with Gasteiger partial charge in [-0.2, -0.15) is 0 Å². The molecule has 0 bridgehead atoms. The Bertz CT molecular complexity index is 1010. The molecular formula is C22H26FN5O2. The number of carbonyl (C=O) groups is 1. The standard InChI is InChI=1S/C22H26FN5O2/c1-24-22(26-10-9-16-14-28-20-8-5-17(23)13-19(16)20)27-12-11-25-21(29)15-3-6-18(30-2)7-4-15/h3-8,13-14,28H,9-12H2,1-2H3,(H,25,29)(H2,24,26,27). The molecule has 0 atom stereocenters. The van der Waals surface area contributed by atoms with Crippen molar-refractivity contribution in [2.45, 2.75) is 6.42 Å². The van der Waals surface area contributed by atoms with Gasteiger partial charge in [-0.1, -0.05) is 0 Å². The third-order valence-corrected chi connectivity index (χ3v) is 4.70. The quantitative estimate of drug-likeness (QED) is 0.260. The van der Waals surface area contributed by atoms with E-state index >= 15 is 0 Å². The van der Waals surface area contributed by atoms with Gasteiger partial charge in [0.1, 0.15) is 11.6 Å². The zero-order chi connectivity index (χ0) is 21.3. The number of hydrogen-bond donors (Lipinski definition) is 4. The summed E-state index contributed by atoms with van der Waals surface area (Å²) in [5, 5.41) is 10.1. The lowest BCUT2D eigenvalue weighted by Crippen LogP contribution is -2.42. The highest BCUT2D eigenvalue weighted by Gasteiger charge is 2.07. The Morgan fingerprint density at radius 2 is 1.80 bits per heavy atom. The van der Waals surface area contributed by atoms with Crippen molar-refractivity contribution in [3.8, 4) is 5.75 Å². The minimum absolute atomic E-state index is 0.144. The van der Waals surface area contributed by atoms with E-state index in [0.717, 1.165) is 22.9 Å². The smallest absolute Gasteiger partial charge is 0.251 e. The van der Waals surface area contributed by atoms with Crippen molar-refractivity contribution in [3.63, 3.8) is 0 Å². The van der Waals surface area contributed by atoms with Crippen molar-refractivity contribution < 1.29 is 13.9 Å². The van der Waals surface area contributed by atoms with Crippen LogP contribution in [-0.2, 0) is 6.42 Å². The molecule has 0 saturated carbocycles.